The Morgan fingerprint density at radius 3 is 2.34 bits per heavy atom. The van der Waals surface area contributed by atoms with Crippen molar-refractivity contribution < 1.29 is 14.5 Å². The number of anilines is 1. The predicted molar refractivity (Wildman–Crippen MR) is 106 cm³/mol. The lowest BCUT2D eigenvalue weighted by molar-refractivity contribution is -0.384. The fourth-order valence-electron chi connectivity index (χ4n) is 2.61. The smallest absolute Gasteiger partial charge is 0.294 e. The average molecular weight is 394 g/mol. The number of imidazole rings is 1. The van der Waals surface area contributed by atoms with Gasteiger partial charge in [-0.3, -0.25) is 30.6 Å². The third kappa shape index (κ3) is 4.38. The van der Waals surface area contributed by atoms with Crippen LogP contribution in [0.4, 0.5) is 11.4 Å². The normalized spacial score (nSPS) is 10.3. The van der Waals surface area contributed by atoms with Gasteiger partial charge in [0.15, 0.2) is 0 Å². The summed E-state index contributed by atoms with van der Waals surface area (Å²) in [6.45, 7) is 0. The average Bonchev–Trinajstić information content (AvgIpc) is 3.26. The fraction of sp³-hybridized carbons (Fsp3) is 0.105. The Hall–Kier alpha value is -4.21. The number of rotatable bonds is 5. The van der Waals surface area contributed by atoms with E-state index >= 15 is 0 Å². The quantitative estimate of drug-likeness (QED) is 0.504. The maximum absolute atomic E-state index is 12.4. The highest BCUT2D eigenvalue weighted by Crippen LogP contribution is 2.24. The largest absolute Gasteiger partial charge is 0.378 e. The summed E-state index contributed by atoms with van der Waals surface area (Å²) in [5.74, 6) is -1.19. The van der Waals surface area contributed by atoms with E-state index in [2.05, 4.69) is 15.8 Å². The maximum atomic E-state index is 12.4. The molecular formula is C19H18N6O4. The van der Waals surface area contributed by atoms with Crippen molar-refractivity contribution in [3.8, 4) is 5.69 Å². The summed E-state index contributed by atoms with van der Waals surface area (Å²) in [5, 5.41) is 11.4. The minimum Gasteiger partial charge on any atom is -0.378 e. The minimum atomic E-state index is -0.678. The van der Waals surface area contributed by atoms with Crippen molar-refractivity contribution in [2.75, 3.05) is 19.0 Å². The first kappa shape index (κ1) is 19.5. The maximum Gasteiger partial charge on any atom is 0.294 e. The number of nitrogens with one attached hydrogen (secondary N) is 2. The van der Waals surface area contributed by atoms with Crippen LogP contribution in [0.3, 0.4) is 0 Å². The van der Waals surface area contributed by atoms with E-state index < -0.39 is 16.7 Å². The molecule has 2 aromatic carbocycles. The molecule has 0 aliphatic heterocycles. The zero-order valence-corrected chi connectivity index (χ0v) is 15.7. The molecule has 0 spiro atoms. The molecule has 1 heterocycles. The van der Waals surface area contributed by atoms with Gasteiger partial charge in [0, 0.05) is 49.4 Å². The number of amides is 2. The molecule has 0 unspecified atom stereocenters. The van der Waals surface area contributed by atoms with E-state index in [0.717, 1.165) is 11.8 Å². The summed E-state index contributed by atoms with van der Waals surface area (Å²) in [6, 6.07) is 10.9. The number of nitro benzene ring substituents is 1. The second kappa shape index (κ2) is 8.21. The number of nitro groups is 1. The molecule has 0 saturated heterocycles. The number of carbonyl (C=O) groups excluding carboxylic acids is 2. The summed E-state index contributed by atoms with van der Waals surface area (Å²) in [5.41, 5.74) is 5.81. The van der Waals surface area contributed by atoms with Gasteiger partial charge in [0.05, 0.1) is 11.3 Å². The number of benzene rings is 2. The Morgan fingerprint density at radius 2 is 1.76 bits per heavy atom. The van der Waals surface area contributed by atoms with Gasteiger partial charge in [-0.25, -0.2) is 4.98 Å². The molecule has 3 rings (SSSR count). The summed E-state index contributed by atoms with van der Waals surface area (Å²) in [6.07, 6.45) is 4.47. The topological polar surface area (TPSA) is 122 Å². The van der Waals surface area contributed by atoms with Crippen molar-refractivity contribution in [3.63, 3.8) is 0 Å². The Balaban J connectivity index is 1.74. The Morgan fingerprint density at radius 1 is 1.07 bits per heavy atom. The van der Waals surface area contributed by atoms with Crippen molar-refractivity contribution in [2.45, 2.75) is 0 Å². The summed E-state index contributed by atoms with van der Waals surface area (Å²) in [7, 11) is 3.69. The first-order chi connectivity index (χ1) is 13.9. The zero-order valence-electron chi connectivity index (χ0n) is 15.7. The summed E-state index contributed by atoms with van der Waals surface area (Å²) in [4.78, 5) is 41.1. The summed E-state index contributed by atoms with van der Waals surface area (Å²) >= 11 is 0. The van der Waals surface area contributed by atoms with E-state index in [1.165, 1.54) is 29.2 Å². The molecule has 3 aromatic rings. The first-order valence-corrected chi connectivity index (χ1v) is 8.51. The Kier molecular flexibility index (Phi) is 5.54. The predicted octanol–water partition coefficient (Wildman–Crippen LogP) is 1.92. The van der Waals surface area contributed by atoms with Crippen LogP contribution in [0.25, 0.3) is 5.69 Å². The highest BCUT2D eigenvalue weighted by Gasteiger charge is 2.19. The number of aromatic nitrogens is 2. The zero-order chi connectivity index (χ0) is 21.0. The number of nitrogens with zero attached hydrogens (tertiary/aromatic N) is 4. The van der Waals surface area contributed by atoms with Gasteiger partial charge in [0.1, 0.15) is 5.69 Å². The van der Waals surface area contributed by atoms with Gasteiger partial charge in [-0.2, -0.15) is 0 Å². The molecule has 0 atom stereocenters. The summed E-state index contributed by atoms with van der Waals surface area (Å²) < 4.78 is 1.47. The van der Waals surface area contributed by atoms with Gasteiger partial charge in [0.2, 0.25) is 0 Å². The van der Waals surface area contributed by atoms with Crippen molar-refractivity contribution in [3.05, 3.63) is 82.4 Å². The van der Waals surface area contributed by atoms with Gasteiger partial charge in [-0.1, -0.05) is 6.07 Å². The van der Waals surface area contributed by atoms with Crippen LogP contribution in [0.2, 0.25) is 0 Å². The van der Waals surface area contributed by atoms with Crippen LogP contribution in [0.1, 0.15) is 20.7 Å². The van der Waals surface area contributed by atoms with Crippen LogP contribution in [-0.4, -0.2) is 40.4 Å². The molecule has 0 aliphatic rings. The molecule has 2 amide bonds. The lowest BCUT2D eigenvalue weighted by Crippen LogP contribution is -2.41. The molecule has 0 bridgehead atoms. The molecule has 1 aromatic heterocycles. The van der Waals surface area contributed by atoms with E-state index in [1.807, 2.05) is 25.1 Å². The highest BCUT2D eigenvalue weighted by atomic mass is 16.6. The van der Waals surface area contributed by atoms with Gasteiger partial charge in [-0.15, -0.1) is 0 Å². The number of carbonyl (C=O) groups is 2. The monoisotopic (exact) mass is 394 g/mol. The second-order valence-electron chi connectivity index (χ2n) is 6.28. The van der Waals surface area contributed by atoms with Crippen molar-refractivity contribution in [1.82, 2.24) is 20.4 Å². The Bertz CT molecular complexity index is 1060. The fourth-order valence-corrected chi connectivity index (χ4v) is 2.61. The SMILES string of the molecule is CN(C)c1cccc(C(=O)NNC(=O)c2ccc(-n3ccnc3)c([N+](=O)[O-])c2)c1. The standard InChI is InChI=1S/C19H18N6O4/c1-23(2)15-5-3-4-13(10-15)18(26)21-22-19(27)14-6-7-16(17(11-14)25(28)29)24-9-8-20-12-24/h3-12H,1-2H3,(H,21,26)(H,22,27). The van der Waals surface area contributed by atoms with Gasteiger partial charge in [-0.05, 0) is 30.3 Å². The molecule has 0 saturated carbocycles. The van der Waals surface area contributed by atoms with Crippen molar-refractivity contribution in [2.24, 2.45) is 0 Å². The van der Waals surface area contributed by atoms with Crippen molar-refractivity contribution in [1.29, 1.82) is 0 Å². The van der Waals surface area contributed by atoms with Crippen LogP contribution in [0.5, 0.6) is 0 Å². The number of hydrazine groups is 1. The third-order valence-electron chi connectivity index (χ3n) is 4.13. The lowest BCUT2D eigenvalue weighted by Gasteiger charge is -2.14. The third-order valence-corrected chi connectivity index (χ3v) is 4.13. The van der Waals surface area contributed by atoms with E-state index in [0.29, 0.717) is 5.56 Å². The van der Waals surface area contributed by atoms with E-state index in [-0.39, 0.29) is 16.9 Å². The number of hydrogen-bond acceptors (Lipinski definition) is 6. The van der Waals surface area contributed by atoms with Crippen LogP contribution in [0.15, 0.2) is 61.2 Å². The van der Waals surface area contributed by atoms with Crippen LogP contribution < -0.4 is 15.8 Å². The van der Waals surface area contributed by atoms with E-state index in [1.54, 1.807) is 24.4 Å². The van der Waals surface area contributed by atoms with E-state index in [9.17, 15) is 19.7 Å². The van der Waals surface area contributed by atoms with Gasteiger partial charge in [0.25, 0.3) is 17.5 Å². The second-order valence-corrected chi connectivity index (χ2v) is 6.28. The highest BCUT2D eigenvalue weighted by molar-refractivity contribution is 6.00. The minimum absolute atomic E-state index is 0.0305. The van der Waals surface area contributed by atoms with Gasteiger partial charge >= 0.3 is 0 Å². The Labute approximate surface area is 165 Å². The molecule has 10 heteroatoms. The molecule has 2 N–H and O–H groups in total. The molecular weight excluding hydrogens is 376 g/mol. The van der Waals surface area contributed by atoms with Crippen LogP contribution in [-0.2, 0) is 0 Å². The van der Waals surface area contributed by atoms with Crippen LogP contribution in [0, 0.1) is 10.1 Å². The van der Waals surface area contributed by atoms with Gasteiger partial charge < -0.3 is 9.47 Å². The first-order valence-electron chi connectivity index (χ1n) is 8.51. The molecule has 0 radical (unpaired) electrons. The number of hydrogen-bond donors (Lipinski definition) is 2. The van der Waals surface area contributed by atoms with E-state index in [4.69, 9.17) is 0 Å². The molecule has 0 fully saturated rings. The van der Waals surface area contributed by atoms with Crippen LogP contribution >= 0.6 is 0 Å². The molecule has 29 heavy (non-hydrogen) atoms. The van der Waals surface area contributed by atoms with Crippen molar-refractivity contribution >= 4 is 23.2 Å². The lowest BCUT2D eigenvalue weighted by atomic mass is 10.1. The molecule has 10 nitrogen and oxygen atoms in total. The molecule has 148 valence electrons. The molecule has 0 aliphatic carbocycles.